The molecule has 148 valence electrons. The first-order valence-electron chi connectivity index (χ1n) is 8.31. The Morgan fingerprint density at radius 1 is 1.17 bits per heavy atom. The summed E-state index contributed by atoms with van der Waals surface area (Å²) in [6.45, 7) is 1.60. The Morgan fingerprint density at radius 3 is 2.66 bits per heavy atom. The largest absolute Gasteiger partial charge is 0.416 e. The molecule has 0 saturated heterocycles. The number of hydrogen-bond acceptors (Lipinski definition) is 4. The van der Waals surface area contributed by atoms with Crippen LogP contribution in [0.1, 0.15) is 21.7 Å². The number of nitrogens with one attached hydrogen (secondary N) is 2. The fourth-order valence-corrected chi connectivity index (χ4v) is 2.83. The first kappa shape index (κ1) is 18.7. The van der Waals surface area contributed by atoms with Crippen LogP contribution in [0, 0.1) is 12.7 Å². The Hall–Kier alpha value is -3.69. The van der Waals surface area contributed by atoms with Gasteiger partial charge in [-0.3, -0.25) is 4.79 Å². The summed E-state index contributed by atoms with van der Waals surface area (Å²) in [7, 11) is 0. The number of fused-ring (bicyclic) bond motifs is 1. The highest BCUT2D eigenvalue weighted by molar-refractivity contribution is 6.05. The zero-order chi connectivity index (χ0) is 20.8. The Labute approximate surface area is 160 Å². The Balaban J connectivity index is 1.67. The molecule has 1 amide bonds. The number of carbonyl (C=O) groups is 1. The summed E-state index contributed by atoms with van der Waals surface area (Å²) in [6.07, 6.45) is -3.39. The van der Waals surface area contributed by atoms with Gasteiger partial charge in [-0.2, -0.15) is 13.2 Å². The molecule has 4 rings (SSSR count). The van der Waals surface area contributed by atoms with Gasteiger partial charge < -0.3 is 14.8 Å². The molecule has 0 radical (unpaired) electrons. The fraction of sp³-hybridized carbons (Fsp3) is 0.105. The monoisotopic (exact) mass is 404 g/mol. The van der Waals surface area contributed by atoms with Crippen LogP contribution in [0.25, 0.3) is 22.4 Å². The molecule has 0 unspecified atom stereocenters. The van der Waals surface area contributed by atoms with E-state index in [4.69, 9.17) is 4.52 Å². The maximum atomic E-state index is 13.7. The number of rotatable bonds is 3. The van der Waals surface area contributed by atoms with Crippen LogP contribution in [0.2, 0.25) is 0 Å². The zero-order valence-electron chi connectivity index (χ0n) is 14.8. The van der Waals surface area contributed by atoms with Gasteiger partial charge in [0, 0.05) is 11.3 Å². The summed E-state index contributed by atoms with van der Waals surface area (Å²) in [6, 6.07) is 6.93. The third kappa shape index (κ3) is 3.68. The van der Waals surface area contributed by atoms with Crippen LogP contribution in [0.3, 0.4) is 0 Å². The second-order valence-corrected chi connectivity index (χ2v) is 6.29. The van der Waals surface area contributed by atoms with E-state index < -0.39 is 23.5 Å². The van der Waals surface area contributed by atoms with Crippen LogP contribution < -0.4 is 5.32 Å². The topological polar surface area (TPSA) is 83.8 Å². The Bertz CT molecular complexity index is 1230. The van der Waals surface area contributed by atoms with E-state index in [1.54, 1.807) is 25.1 Å². The lowest BCUT2D eigenvalue weighted by molar-refractivity contribution is -0.137. The number of alkyl halides is 3. The number of imidazole rings is 1. The van der Waals surface area contributed by atoms with Gasteiger partial charge in [-0.05, 0) is 43.3 Å². The van der Waals surface area contributed by atoms with E-state index >= 15 is 0 Å². The normalized spacial score (nSPS) is 11.8. The second-order valence-electron chi connectivity index (χ2n) is 6.29. The van der Waals surface area contributed by atoms with Gasteiger partial charge >= 0.3 is 6.18 Å². The summed E-state index contributed by atoms with van der Waals surface area (Å²) in [4.78, 5) is 19.3. The van der Waals surface area contributed by atoms with E-state index in [1.807, 2.05) is 0 Å². The first-order valence-corrected chi connectivity index (χ1v) is 8.31. The Morgan fingerprint density at radius 2 is 1.97 bits per heavy atom. The number of nitrogens with zero attached hydrogens (tertiary/aromatic N) is 2. The number of halogens is 4. The van der Waals surface area contributed by atoms with Gasteiger partial charge in [0.25, 0.3) is 5.91 Å². The molecule has 6 nitrogen and oxygen atoms in total. The van der Waals surface area contributed by atoms with Crippen LogP contribution in [0.4, 0.5) is 23.2 Å². The molecule has 0 spiro atoms. The number of hydrogen-bond donors (Lipinski definition) is 2. The molecule has 0 bridgehead atoms. The minimum atomic E-state index is -4.68. The number of aryl methyl sites for hydroxylation is 1. The smallest absolute Gasteiger partial charge is 0.361 e. The molecule has 2 heterocycles. The van der Waals surface area contributed by atoms with E-state index in [0.29, 0.717) is 28.5 Å². The molecule has 29 heavy (non-hydrogen) atoms. The minimum absolute atomic E-state index is 0.0424. The highest BCUT2D eigenvalue weighted by atomic mass is 19.4. The number of aromatic nitrogens is 3. The predicted octanol–water partition coefficient (Wildman–Crippen LogP) is 4.94. The number of carbonyl (C=O) groups excluding carboxylic acids is 1. The number of amides is 1. The molecule has 0 aliphatic heterocycles. The second kappa shape index (κ2) is 6.73. The quantitative estimate of drug-likeness (QED) is 0.474. The maximum Gasteiger partial charge on any atom is 0.416 e. The number of H-pyrrole nitrogens is 1. The summed E-state index contributed by atoms with van der Waals surface area (Å²) in [5.74, 6) is -1.02. The molecule has 0 fully saturated rings. The summed E-state index contributed by atoms with van der Waals surface area (Å²) >= 11 is 0. The van der Waals surface area contributed by atoms with Crippen LogP contribution >= 0.6 is 0 Å². The lowest BCUT2D eigenvalue weighted by Gasteiger charge is -2.08. The van der Waals surface area contributed by atoms with Crippen molar-refractivity contribution >= 4 is 22.6 Å². The highest BCUT2D eigenvalue weighted by Gasteiger charge is 2.31. The molecule has 4 aromatic rings. The van der Waals surface area contributed by atoms with Crippen LogP contribution in [0.15, 0.2) is 47.1 Å². The molecule has 10 heteroatoms. The van der Waals surface area contributed by atoms with Crippen molar-refractivity contribution in [3.63, 3.8) is 0 Å². The molecular weight excluding hydrogens is 392 g/mol. The van der Waals surface area contributed by atoms with E-state index in [2.05, 4.69) is 20.4 Å². The predicted molar refractivity (Wildman–Crippen MR) is 95.7 cm³/mol. The average molecular weight is 404 g/mol. The Kier molecular flexibility index (Phi) is 4.33. The SMILES string of the molecule is Cc1oncc1C(=O)Nc1ccc2nc(-c3cc(F)cc(C(F)(F)F)c3)[nH]c2c1. The highest BCUT2D eigenvalue weighted by Crippen LogP contribution is 2.33. The number of anilines is 1. The van der Waals surface area contributed by atoms with E-state index in [0.717, 1.165) is 12.1 Å². The van der Waals surface area contributed by atoms with Gasteiger partial charge in [0.2, 0.25) is 0 Å². The molecule has 0 atom stereocenters. The van der Waals surface area contributed by atoms with Crippen molar-refractivity contribution in [2.24, 2.45) is 0 Å². The maximum absolute atomic E-state index is 13.7. The van der Waals surface area contributed by atoms with Gasteiger partial charge in [-0.15, -0.1) is 0 Å². The summed E-state index contributed by atoms with van der Waals surface area (Å²) < 4.78 is 57.3. The molecule has 0 aliphatic rings. The summed E-state index contributed by atoms with van der Waals surface area (Å²) in [5, 5.41) is 6.21. The van der Waals surface area contributed by atoms with Crippen molar-refractivity contribution < 1.29 is 26.9 Å². The van der Waals surface area contributed by atoms with E-state index in [9.17, 15) is 22.4 Å². The van der Waals surface area contributed by atoms with E-state index in [1.165, 1.54) is 6.20 Å². The lowest BCUT2D eigenvalue weighted by Crippen LogP contribution is -2.11. The van der Waals surface area contributed by atoms with Crippen molar-refractivity contribution in [3.8, 4) is 11.4 Å². The standard InChI is InChI=1S/C19H12F4N4O2/c1-9-14(8-24-29-9)18(28)25-13-2-3-15-16(7-13)27-17(26-15)10-4-11(19(21,22)23)6-12(20)5-10/h2-8H,1H3,(H,25,28)(H,26,27). The molecule has 0 aliphatic carbocycles. The van der Waals surface area contributed by atoms with Gasteiger partial charge in [0.1, 0.15) is 23.0 Å². The van der Waals surface area contributed by atoms with Crippen molar-refractivity contribution in [1.29, 1.82) is 0 Å². The molecule has 2 aromatic heterocycles. The molecular formula is C19H12F4N4O2. The van der Waals surface area contributed by atoms with Gasteiger partial charge in [0.15, 0.2) is 0 Å². The minimum Gasteiger partial charge on any atom is -0.361 e. The average Bonchev–Trinajstić information content (AvgIpc) is 3.26. The van der Waals surface area contributed by atoms with Gasteiger partial charge in [-0.25, -0.2) is 9.37 Å². The lowest BCUT2D eigenvalue weighted by atomic mass is 10.1. The zero-order valence-corrected chi connectivity index (χ0v) is 14.8. The van der Waals surface area contributed by atoms with Crippen LogP contribution in [-0.4, -0.2) is 21.0 Å². The van der Waals surface area contributed by atoms with E-state index in [-0.39, 0.29) is 17.0 Å². The van der Waals surface area contributed by atoms with Crippen molar-refractivity contribution in [2.45, 2.75) is 13.1 Å². The number of aromatic amines is 1. The van der Waals surface area contributed by atoms with Crippen molar-refractivity contribution in [2.75, 3.05) is 5.32 Å². The van der Waals surface area contributed by atoms with Crippen LogP contribution in [0.5, 0.6) is 0 Å². The first-order chi connectivity index (χ1) is 13.7. The third-order valence-corrected chi connectivity index (χ3v) is 4.23. The van der Waals surface area contributed by atoms with Gasteiger partial charge in [-0.1, -0.05) is 5.16 Å². The van der Waals surface area contributed by atoms with Crippen molar-refractivity contribution in [3.05, 3.63) is 65.3 Å². The van der Waals surface area contributed by atoms with Gasteiger partial charge in [0.05, 0.1) is 22.8 Å². The molecule has 2 aromatic carbocycles. The molecule has 0 saturated carbocycles. The third-order valence-electron chi connectivity index (χ3n) is 4.23. The fourth-order valence-electron chi connectivity index (χ4n) is 2.83. The summed E-state index contributed by atoms with van der Waals surface area (Å²) in [5.41, 5.74) is 0.446. The number of benzene rings is 2. The van der Waals surface area contributed by atoms with Crippen molar-refractivity contribution in [1.82, 2.24) is 15.1 Å². The molecule has 2 N–H and O–H groups in total. The van der Waals surface area contributed by atoms with Crippen LogP contribution in [-0.2, 0) is 6.18 Å².